The largest absolute Gasteiger partial charge is 0.423 e. The minimum Gasteiger partial charge on any atom is -0.423 e. The van der Waals surface area contributed by atoms with Gasteiger partial charge in [0, 0.05) is 17.8 Å². The molecule has 0 saturated heterocycles. The standard InChI is InChI=1S/C25H24O3/c1-25-14-13-20-19-10-8-18(28-24(27)16-5-3-2-4-6-16)15-17(19)7-9-21(20)22(25)11-12-23(25)26/h2-6,8-10,15,20,22H,7,11-14H2,1H3/t20-,22-,25-/m0/s1. The molecule has 0 bridgehead atoms. The molecule has 0 amide bonds. The van der Waals surface area contributed by atoms with Crippen LogP contribution in [0.5, 0.6) is 5.75 Å². The first-order chi connectivity index (χ1) is 13.6. The van der Waals surface area contributed by atoms with E-state index in [1.54, 1.807) is 12.1 Å². The third-order valence-electron chi connectivity index (χ3n) is 7.09. The van der Waals surface area contributed by atoms with Crippen LogP contribution in [-0.4, -0.2) is 11.8 Å². The molecule has 2 aromatic carbocycles. The van der Waals surface area contributed by atoms with Crippen LogP contribution in [-0.2, 0) is 11.2 Å². The highest BCUT2D eigenvalue weighted by Crippen LogP contribution is 2.57. The molecular formula is C25H24O3. The van der Waals surface area contributed by atoms with Gasteiger partial charge in [-0.05, 0) is 67.0 Å². The number of carbonyl (C=O) groups is 2. The van der Waals surface area contributed by atoms with Gasteiger partial charge in [-0.1, -0.05) is 42.8 Å². The predicted octanol–water partition coefficient (Wildman–Crippen LogP) is 5.25. The van der Waals surface area contributed by atoms with Gasteiger partial charge >= 0.3 is 5.97 Å². The average molecular weight is 372 g/mol. The maximum absolute atomic E-state index is 12.4. The number of allylic oxidation sites excluding steroid dienone is 2. The fourth-order valence-corrected chi connectivity index (χ4v) is 5.53. The van der Waals surface area contributed by atoms with Crippen molar-refractivity contribution in [3.05, 3.63) is 76.9 Å². The molecule has 0 heterocycles. The van der Waals surface area contributed by atoms with Gasteiger partial charge < -0.3 is 4.74 Å². The van der Waals surface area contributed by atoms with Crippen molar-refractivity contribution in [2.75, 3.05) is 0 Å². The lowest BCUT2D eigenvalue weighted by Gasteiger charge is -2.43. The average Bonchev–Trinajstić information content (AvgIpc) is 3.03. The van der Waals surface area contributed by atoms with E-state index >= 15 is 0 Å². The molecule has 0 aliphatic heterocycles. The molecule has 3 heteroatoms. The number of hydrogen-bond acceptors (Lipinski definition) is 3. The Bertz CT molecular complexity index is 988. The number of rotatable bonds is 2. The molecule has 3 aliphatic carbocycles. The van der Waals surface area contributed by atoms with Gasteiger partial charge in [0.05, 0.1) is 5.56 Å². The topological polar surface area (TPSA) is 43.4 Å². The van der Waals surface area contributed by atoms with E-state index in [0.717, 1.165) is 32.1 Å². The molecule has 2 aromatic rings. The number of fused-ring (bicyclic) bond motifs is 5. The first kappa shape index (κ1) is 17.4. The Balaban J connectivity index is 1.40. The first-order valence-corrected chi connectivity index (χ1v) is 10.2. The number of carbonyl (C=O) groups excluding carboxylic acids is 2. The Morgan fingerprint density at radius 1 is 1.11 bits per heavy atom. The highest BCUT2D eigenvalue weighted by molar-refractivity contribution is 5.91. The van der Waals surface area contributed by atoms with Gasteiger partial charge in [0.15, 0.2) is 0 Å². The lowest BCUT2D eigenvalue weighted by molar-refractivity contribution is -0.126. The van der Waals surface area contributed by atoms with Crippen LogP contribution in [0.2, 0.25) is 0 Å². The lowest BCUT2D eigenvalue weighted by atomic mass is 9.60. The van der Waals surface area contributed by atoms with Crippen LogP contribution in [0, 0.1) is 11.3 Å². The zero-order valence-electron chi connectivity index (χ0n) is 16.1. The first-order valence-electron chi connectivity index (χ1n) is 10.2. The van der Waals surface area contributed by atoms with Crippen LogP contribution >= 0.6 is 0 Å². The van der Waals surface area contributed by atoms with E-state index in [1.807, 2.05) is 30.3 Å². The van der Waals surface area contributed by atoms with E-state index in [2.05, 4.69) is 19.1 Å². The molecule has 0 aromatic heterocycles. The molecule has 3 atom stereocenters. The van der Waals surface area contributed by atoms with Crippen LogP contribution in [0.1, 0.15) is 60.0 Å². The third-order valence-corrected chi connectivity index (χ3v) is 7.09. The van der Waals surface area contributed by atoms with Crippen molar-refractivity contribution < 1.29 is 14.3 Å². The monoisotopic (exact) mass is 372 g/mol. The van der Waals surface area contributed by atoms with Crippen LogP contribution in [0.3, 0.4) is 0 Å². The maximum Gasteiger partial charge on any atom is 0.343 e. The summed E-state index contributed by atoms with van der Waals surface area (Å²) in [7, 11) is 0. The number of ketones is 1. The third kappa shape index (κ3) is 2.64. The molecule has 28 heavy (non-hydrogen) atoms. The van der Waals surface area contributed by atoms with Crippen LogP contribution < -0.4 is 4.74 Å². The van der Waals surface area contributed by atoms with E-state index in [-0.39, 0.29) is 11.4 Å². The second kappa shape index (κ2) is 6.44. The molecule has 0 radical (unpaired) electrons. The SMILES string of the molecule is C[C@]12CC[C@@H]3C(=CCc4cc(OC(=O)c5ccccc5)ccc43)[C@@H]1CCC2=O. The molecule has 2 fully saturated rings. The number of benzene rings is 2. The smallest absolute Gasteiger partial charge is 0.343 e. The predicted molar refractivity (Wildman–Crippen MR) is 107 cm³/mol. The van der Waals surface area contributed by atoms with Crippen LogP contribution in [0.25, 0.3) is 0 Å². The fraction of sp³-hybridized carbons (Fsp3) is 0.360. The van der Waals surface area contributed by atoms with E-state index in [4.69, 9.17) is 4.74 Å². The Morgan fingerprint density at radius 3 is 2.75 bits per heavy atom. The minimum absolute atomic E-state index is 0.148. The molecule has 3 aliphatic rings. The Hall–Kier alpha value is -2.68. The summed E-state index contributed by atoms with van der Waals surface area (Å²) in [6.45, 7) is 2.17. The molecule has 142 valence electrons. The van der Waals surface area contributed by atoms with Gasteiger partial charge in [-0.3, -0.25) is 4.79 Å². The summed E-state index contributed by atoms with van der Waals surface area (Å²) in [4.78, 5) is 24.8. The highest BCUT2D eigenvalue weighted by atomic mass is 16.5. The summed E-state index contributed by atoms with van der Waals surface area (Å²) in [6, 6.07) is 15.1. The molecule has 2 saturated carbocycles. The van der Waals surface area contributed by atoms with Gasteiger partial charge in [-0.2, -0.15) is 0 Å². The molecule has 0 unspecified atom stereocenters. The zero-order valence-corrected chi connectivity index (χ0v) is 16.1. The highest BCUT2D eigenvalue weighted by Gasteiger charge is 2.52. The number of hydrogen-bond donors (Lipinski definition) is 0. The number of esters is 1. The van der Waals surface area contributed by atoms with Crippen molar-refractivity contribution in [1.82, 2.24) is 0 Å². The maximum atomic E-state index is 12.4. The normalized spacial score (nSPS) is 28.0. The summed E-state index contributed by atoms with van der Waals surface area (Å²) >= 11 is 0. The van der Waals surface area contributed by atoms with Gasteiger partial charge in [0.1, 0.15) is 11.5 Å². The lowest BCUT2D eigenvalue weighted by Crippen LogP contribution is -2.37. The molecule has 0 spiro atoms. The van der Waals surface area contributed by atoms with Crippen molar-refractivity contribution in [1.29, 1.82) is 0 Å². The fourth-order valence-electron chi connectivity index (χ4n) is 5.53. The van der Waals surface area contributed by atoms with Gasteiger partial charge in [0.25, 0.3) is 0 Å². The Morgan fingerprint density at radius 2 is 1.93 bits per heavy atom. The Kier molecular flexibility index (Phi) is 4.01. The second-order valence-corrected chi connectivity index (χ2v) is 8.55. The van der Waals surface area contributed by atoms with Gasteiger partial charge in [0.2, 0.25) is 0 Å². The molecular weight excluding hydrogens is 348 g/mol. The molecule has 5 rings (SSSR count). The second-order valence-electron chi connectivity index (χ2n) is 8.55. The van der Waals surface area contributed by atoms with Crippen molar-refractivity contribution >= 4 is 11.8 Å². The van der Waals surface area contributed by atoms with Crippen molar-refractivity contribution in [2.45, 2.75) is 44.9 Å². The van der Waals surface area contributed by atoms with E-state index in [0.29, 0.717) is 28.9 Å². The number of ether oxygens (including phenoxy) is 1. The number of Topliss-reactive ketones (excluding diaryl/α,β-unsaturated/α-hetero) is 1. The van der Waals surface area contributed by atoms with Crippen molar-refractivity contribution in [3.63, 3.8) is 0 Å². The quantitative estimate of drug-likeness (QED) is 0.411. The van der Waals surface area contributed by atoms with Crippen molar-refractivity contribution in [2.24, 2.45) is 11.3 Å². The Labute approximate surface area is 165 Å². The minimum atomic E-state index is -0.328. The molecule has 0 N–H and O–H groups in total. The van der Waals surface area contributed by atoms with Crippen LogP contribution in [0.4, 0.5) is 0 Å². The van der Waals surface area contributed by atoms with Gasteiger partial charge in [-0.15, -0.1) is 0 Å². The summed E-state index contributed by atoms with van der Waals surface area (Å²) in [5.74, 6) is 1.53. The van der Waals surface area contributed by atoms with Crippen molar-refractivity contribution in [3.8, 4) is 5.75 Å². The summed E-state index contributed by atoms with van der Waals surface area (Å²) in [5, 5.41) is 0. The van der Waals surface area contributed by atoms with E-state index in [9.17, 15) is 9.59 Å². The zero-order chi connectivity index (χ0) is 19.3. The van der Waals surface area contributed by atoms with E-state index < -0.39 is 0 Å². The molecule has 3 nitrogen and oxygen atoms in total. The van der Waals surface area contributed by atoms with Gasteiger partial charge in [-0.25, -0.2) is 4.79 Å². The summed E-state index contributed by atoms with van der Waals surface area (Å²) in [6.07, 6.45) is 6.92. The van der Waals surface area contributed by atoms with E-state index in [1.165, 1.54) is 16.7 Å². The summed E-state index contributed by atoms with van der Waals surface area (Å²) < 4.78 is 5.60. The summed E-state index contributed by atoms with van der Waals surface area (Å²) in [5.41, 5.74) is 4.46. The van der Waals surface area contributed by atoms with Crippen LogP contribution in [0.15, 0.2) is 60.2 Å².